The summed E-state index contributed by atoms with van der Waals surface area (Å²) in [6, 6.07) is 19.2. The Kier molecular flexibility index (Phi) is 7.24. The van der Waals surface area contributed by atoms with Crippen molar-refractivity contribution in [2.75, 3.05) is 12.4 Å². The first kappa shape index (κ1) is 22.8. The monoisotopic (exact) mass is 445 g/mol. The van der Waals surface area contributed by atoms with Crippen LogP contribution in [0.2, 0.25) is 0 Å². The number of anilines is 1. The predicted octanol–water partition coefficient (Wildman–Crippen LogP) is 4.43. The molecule has 0 fully saturated rings. The Bertz CT molecular complexity index is 1230. The Morgan fingerprint density at radius 3 is 2.45 bits per heavy atom. The number of hydrogen-bond acceptors (Lipinski definition) is 7. The van der Waals surface area contributed by atoms with Crippen molar-refractivity contribution in [1.29, 1.82) is 5.26 Å². The highest BCUT2D eigenvalue weighted by Crippen LogP contribution is 2.36. The molecule has 0 spiro atoms. The van der Waals surface area contributed by atoms with Gasteiger partial charge in [-0.3, -0.25) is 14.9 Å². The molecule has 0 radical (unpaired) electrons. The van der Waals surface area contributed by atoms with E-state index < -0.39 is 10.8 Å². The summed E-state index contributed by atoms with van der Waals surface area (Å²) in [4.78, 5) is 23.6. The predicted molar refractivity (Wildman–Crippen MR) is 121 cm³/mol. The van der Waals surface area contributed by atoms with Crippen LogP contribution in [0.4, 0.5) is 11.4 Å². The summed E-state index contributed by atoms with van der Waals surface area (Å²) in [5.74, 6) is -0.390. The van der Waals surface area contributed by atoms with Crippen LogP contribution in [0.25, 0.3) is 6.08 Å². The molecule has 0 atom stereocenters. The first-order chi connectivity index (χ1) is 15.9. The van der Waals surface area contributed by atoms with Crippen molar-refractivity contribution in [3.8, 4) is 23.3 Å². The van der Waals surface area contributed by atoms with Gasteiger partial charge in [0.05, 0.1) is 23.7 Å². The number of nitriles is 1. The van der Waals surface area contributed by atoms with E-state index in [1.54, 1.807) is 6.07 Å². The number of hydrogen-bond donors (Lipinski definition) is 2. The molecule has 0 aliphatic carbocycles. The quantitative estimate of drug-likeness (QED) is 0.172. The molecule has 33 heavy (non-hydrogen) atoms. The number of amides is 1. The number of nitrogens with zero attached hydrogens (tertiary/aromatic N) is 2. The number of phenolic OH excluding ortho intramolecular Hbond substituents is 1. The summed E-state index contributed by atoms with van der Waals surface area (Å²) in [6.45, 7) is 0.169. The minimum Gasteiger partial charge on any atom is -0.508 e. The van der Waals surface area contributed by atoms with Crippen LogP contribution in [-0.4, -0.2) is 23.0 Å². The van der Waals surface area contributed by atoms with Crippen molar-refractivity contribution >= 4 is 23.4 Å². The van der Waals surface area contributed by atoms with E-state index in [4.69, 9.17) is 9.47 Å². The first-order valence-corrected chi connectivity index (χ1v) is 9.66. The molecule has 166 valence electrons. The van der Waals surface area contributed by atoms with Crippen molar-refractivity contribution < 1.29 is 24.3 Å². The highest BCUT2D eigenvalue weighted by Gasteiger charge is 2.21. The largest absolute Gasteiger partial charge is 0.508 e. The van der Waals surface area contributed by atoms with Gasteiger partial charge in [0.1, 0.15) is 24.0 Å². The van der Waals surface area contributed by atoms with Crippen molar-refractivity contribution in [1.82, 2.24) is 0 Å². The highest BCUT2D eigenvalue weighted by molar-refractivity contribution is 6.10. The fraction of sp³-hybridized carbons (Fsp3) is 0.0833. The third-order valence-electron chi connectivity index (χ3n) is 4.54. The highest BCUT2D eigenvalue weighted by atomic mass is 16.6. The number of rotatable bonds is 8. The minimum absolute atomic E-state index is 0.00122. The minimum atomic E-state index is -0.763. The number of nitro benzene ring substituents is 1. The number of carbonyl (C=O) groups excluding carboxylic acids is 1. The second-order valence-electron chi connectivity index (χ2n) is 6.76. The molecule has 0 bridgehead atoms. The standard InChI is InChI=1S/C24H19N3O6/c1-32-22-12-17(11-18(14-25)24(29)26-19-7-9-20(28)10-8-19)21(27(30)31)13-23(22)33-15-16-5-3-2-4-6-16/h2-13,28H,15H2,1H3,(H,26,29). The Morgan fingerprint density at radius 2 is 1.85 bits per heavy atom. The Labute approximate surface area is 189 Å². The van der Waals surface area contributed by atoms with Crippen LogP contribution in [0.5, 0.6) is 17.2 Å². The summed E-state index contributed by atoms with van der Waals surface area (Å²) >= 11 is 0. The average molecular weight is 445 g/mol. The summed E-state index contributed by atoms with van der Waals surface area (Å²) in [5.41, 5.74) is 0.496. The van der Waals surface area contributed by atoms with E-state index >= 15 is 0 Å². The molecule has 0 aliphatic rings. The fourth-order valence-corrected chi connectivity index (χ4v) is 2.89. The third-order valence-corrected chi connectivity index (χ3v) is 4.54. The zero-order valence-corrected chi connectivity index (χ0v) is 17.5. The molecule has 2 N–H and O–H groups in total. The van der Waals surface area contributed by atoms with Gasteiger partial charge in [0.2, 0.25) is 0 Å². The molecule has 3 aromatic rings. The van der Waals surface area contributed by atoms with E-state index in [9.17, 15) is 25.3 Å². The van der Waals surface area contributed by atoms with Gasteiger partial charge in [0, 0.05) is 5.69 Å². The molecule has 0 unspecified atom stereocenters. The lowest BCUT2D eigenvalue weighted by atomic mass is 10.1. The van der Waals surface area contributed by atoms with Crippen LogP contribution in [-0.2, 0) is 11.4 Å². The first-order valence-electron chi connectivity index (χ1n) is 9.66. The number of methoxy groups -OCH3 is 1. The lowest BCUT2D eigenvalue weighted by molar-refractivity contribution is -0.385. The van der Waals surface area contributed by atoms with Crippen molar-refractivity contribution in [3.63, 3.8) is 0 Å². The van der Waals surface area contributed by atoms with E-state index in [1.165, 1.54) is 43.5 Å². The summed E-state index contributed by atoms with van der Waals surface area (Å²) < 4.78 is 11.0. The number of nitrogens with one attached hydrogen (secondary N) is 1. The van der Waals surface area contributed by atoms with Crippen LogP contribution < -0.4 is 14.8 Å². The molecular weight excluding hydrogens is 426 g/mol. The third kappa shape index (κ3) is 5.86. The molecule has 3 aromatic carbocycles. The Morgan fingerprint density at radius 1 is 1.15 bits per heavy atom. The van der Waals surface area contributed by atoms with E-state index in [0.29, 0.717) is 5.69 Å². The molecule has 0 heterocycles. The van der Waals surface area contributed by atoms with Gasteiger partial charge < -0.3 is 19.9 Å². The van der Waals surface area contributed by atoms with E-state index in [1.807, 2.05) is 30.3 Å². The lowest BCUT2D eigenvalue weighted by Gasteiger charge is -2.12. The molecular formula is C24H19N3O6. The fourth-order valence-electron chi connectivity index (χ4n) is 2.89. The van der Waals surface area contributed by atoms with E-state index in [0.717, 1.165) is 11.6 Å². The Balaban J connectivity index is 1.92. The van der Waals surface area contributed by atoms with Crippen molar-refractivity contribution in [2.24, 2.45) is 0 Å². The summed E-state index contributed by atoms with van der Waals surface area (Å²) in [7, 11) is 1.38. The number of carbonyl (C=O) groups is 1. The number of aromatic hydroxyl groups is 1. The van der Waals surface area contributed by atoms with Gasteiger partial charge in [-0.15, -0.1) is 0 Å². The molecule has 0 saturated carbocycles. The maximum Gasteiger partial charge on any atom is 0.280 e. The maximum atomic E-state index is 12.5. The molecule has 0 aliphatic heterocycles. The summed E-state index contributed by atoms with van der Waals surface area (Å²) in [6.07, 6.45) is 1.11. The number of benzene rings is 3. The van der Waals surface area contributed by atoms with Gasteiger partial charge in [-0.1, -0.05) is 30.3 Å². The van der Waals surface area contributed by atoms with Gasteiger partial charge in [0.15, 0.2) is 11.5 Å². The molecule has 1 amide bonds. The molecule has 0 saturated heterocycles. The topological polar surface area (TPSA) is 135 Å². The van der Waals surface area contributed by atoms with Crippen molar-refractivity contribution in [3.05, 3.63) is 93.5 Å². The second kappa shape index (κ2) is 10.5. The van der Waals surface area contributed by atoms with Crippen LogP contribution in [0, 0.1) is 21.4 Å². The Hall–Kier alpha value is -4.84. The van der Waals surface area contributed by atoms with E-state index in [2.05, 4.69) is 5.32 Å². The second-order valence-corrected chi connectivity index (χ2v) is 6.76. The smallest absolute Gasteiger partial charge is 0.280 e. The molecule has 9 heteroatoms. The van der Waals surface area contributed by atoms with Gasteiger partial charge in [0.25, 0.3) is 11.6 Å². The molecule has 9 nitrogen and oxygen atoms in total. The molecule has 3 rings (SSSR count). The zero-order valence-electron chi connectivity index (χ0n) is 17.5. The average Bonchev–Trinajstić information content (AvgIpc) is 2.83. The zero-order chi connectivity index (χ0) is 23.8. The maximum absolute atomic E-state index is 12.5. The number of phenols is 1. The lowest BCUT2D eigenvalue weighted by Crippen LogP contribution is -2.13. The van der Waals surface area contributed by atoms with Gasteiger partial charge in [-0.25, -0.2) is 0 Å². The summed E-state index contributed by atoms with van der Waals surface area (Å²) in [5, 5.41) is 33.0. The SMILES string of the molecule is COc1cc(C=C(C#N)C(=O)Nc2ccc(O)cc2)c([N+](=O)[O-])cc1OCc1ccccc1. The van der Waals surface area contributed by atoms with Crippen LogP contribution in [0.15, 0.2) is 72.3 Å². The van der Waals surface area contributed by atoms with Crippen LogP contribution >= 0.6 is 0 Å². The van der Waals surface area contributed by atoms with Crippen LogP contribution in [0.1, 0.15) is 11.1 Å². The van der Waals surface area contributed by atoms with E-state index in [-0.39, 0.29) is 40.7 Å². The normalized spacial score (nSPS) is 10.7. The van der Waals surface area contributed by atoms with Crippen molar-refractivity contribution in [2.45, 2.75) is 6.61 Å². The van der Waals surface area contributed by atoms with Gasteiger partial charge >= 0.3 is 0 Å². The van der Waals surface area contributed by atoms with Crippen LogP contribution in [0.3, 0.4) is 0 Å². The molecule has 0 aromatic heterocycles. The number of ether oxygens (including phenoxy) is 2. The van der Waals surface area contributed by atoms with Gasteiger partial charge in [-0.05, 0) is 42.0 Å². The van der Waals surface area contributed by atoms with Gasteiger partial charge in [-0.2, -0.15) is 5.26 Å². The number of nitro groups is 1.